The Morgan fingerprint density at radius 1 is 1.10 bits per heavy atom. The summed E-state index contributed by atoms with van der Waals surface area (Å²) in [5.41, 5.74) is 0. The topological polar surface area (TPSA) is 84.3 Å². The third-order valence-electron chi connectivity index (χ3n) is 4.47. The smallest absolute Gasteiger partial charge is 0.320 e. The minimum Gasteiger partial charge on any atom is -0.481 e. The number of aliphatic hydroxyl groups excluding tert-OH is 1. The molecule has 21 heavy (non-hydrogen) atoms. The third kappa shape index (κ3) is 4.31. The molecule has 2 aliphatic heterocycles. The Kier molecular flexibility index (Phi) is 5.41. The highest BCUT2D eigenvalue weighted by Crippen LogP contribution is 2.18. The van der Waals surface area contributed by atoms with E-state index in [-0.39, 0.29) is 18.4 Å². The van der Waals surface area contributed by atoms with Crippen LogP contribution < -0.4 is 0 Å². The lowest BCUT2D eigenvalue weighted by Gasteiger charge is -2.40. The van der Waals surface area contributed by atoms with Gasteiger partial charge >= 0.3 is 12.0 Å². The lowest BCUT2D eigenvalue weighted by atomic mass is 9.96. The molecule has 0 bridgehead atoms. The minimum atomic E-state index is -0.787. The zero-order valence-electron chi connectivity index (χ0n) is 12.6. The second-order valence-corrected chi connectivity index (χ2v) is 6.03. The van der Waals surface area contributed by atoms with Crippen molar-refractivity contribution in [3.63, 3.8) is 0 Å². The van der Waals surface area contributed by atoms with Gasteiger partial charge in [0.2, 0.25) is 0 Å². The molecule has 0 aromatic carbocycles. The number of likely N-dealkylation sites (tertiary alicyclic amines) is 1. The molecule has 7 nitrogen and oxygen atoms in total. The van der Waals surface area contributed by atoms with E-state index in [1.807, 2.05) is 6.92 Å². The Labute approximate surface area is 125 Å². The molecule has 0 radical (unpaired) electrons. The fraction of sp³-hybridized carbons (Fsp3) is 0.857. The number of piperazine rings is 1. The number of hydrogen-bond donors (Lipinski definition) is 2. The van der Waals surface area contributed by atoms with Gasteiger partial charge in [0.25, 0.3) is 0 Å². The van der Waals surface area contributed by atoms with Crippen molar-refractivity contribution in [2.45, 2.75) is 25.9 Å². The maximum absolute atomic E-state index is 12.4. The first-order chi connectivity index (χ1) is 9.97. The van der Waals surface area contributed by atoms with Gasteiger partial charge in [0.1, 0.15) is 0 Å². The second-order valence-electron chi connectivity index (χ2n) is 6.03. The second kappa shape index (κ2) is 7.09. The summed E-state index contributed by atoms with van der Waals surface area (Å²) in [6, 6.07) is -0.00108. The lowest BCUT2D eigenvalue weighted by Crippen LogP contribution is -2.56. The van der Waals surface area contributed by atoms with Gasteiger partial charge in [0, 0.05) is 45.8 Å². The zero-order valence-corrected chi connectivity index (χ0v) is 12.6. The van der Waals surface area contributed by atoms with Gasteiger partial charge in [-0.15, -0.1) is 0 Å². The largest absolute Gasteiger partial charge is 0.481 e. The molecule has 0 aromatic rings. The summed E-state index contributed by atoms with van der Waals surface area (Å²) in [6.45, 7) is 6.35. The zero-order chi connectivity index (χ0) is 15.4. The normalized spacial score (nSPS) is 27.7. The molecule has 2 atom stereocenters. The van der Waals surface area contributed by atoms with Gasteiger partial charge in [-0.25, -0.2) is 4.79 Å². The summed E-state index contributed by atoms with van der Waals surface area (Å²) in [4.78, 5) is 28.6. The van der Waals surface area contributed by atoms with Crippen LogP contribution in [0.2, 0.25) is 0 Å². The van der Waals surface area contributed by atoms with Gasteiger partial charge in [-0.2, -0.15) is 0 Å². The van der Waals surface area contributed by atoms with Gasteiger partial charge in [0.15, 0.2) is 0 Å². The van der Waals surface area contributed by atoms with Crippen LogP contribution >= 0.6 is 0 Å². The van der Waals surface area contributed by atoms with Crippen LogP contribution in [0.25, 0.3) is 0 Å². The first-order valence-electron chi connectivity index (χ1n) is 7.63. The standard InChI is InChI=1S/C14H25N3O4/c1-11-2-5-17(10-12(11)18)14(21)16-8-6-15(7-9-16)4-3-13(19)20/h11-12,18H,2-10H2,1H3,(H,19,20). The number of hydrogen-bond acceptors (Lipinski definition) is 4. The Hall–Kier alpha value is -1.34. The summed E-state index contributed by atoms with van der Waals surface area (Å²) < 4.78 is 0. The van der Waals surface area contributed by atoms with E-state index in [9.17, 15) is 14.7 Å². The maximum atomic E-state index is 12.4. The molecule has 0 spiro atoms. The van der Waals surface area contributed by atoms with E-state index in [1.54, 1.807) is 9.80 Å². The van der Waals surface area contributed by atoms with Gasteiger partial charge < -0.3 is 20.0 Å². The summed E-state index contributed by atoms with van der Waals surface area (Å²) >= 11 is 0. The van der Waals surface area contributed by atoms with Crippen LogP contribution in [0.5, 0.6) is 0 Å². The molecule has 120 valence electrons. The molecule has 2 rings (SSSR count). The number of β-amino-alcohol motifs (C(OH)–C–C–N with tert-alkyl or cyclic N) is 1. The molecule has 2 saturated heterocycles. The van der Waals surface area contributed by atoms with Crippen molar-refractivity contribution in [3.8, 4) is 0 Å². The van der Waals surface area contributed by atoms with E-state index >= 15 is 0 Å². The fourth-order valence-electron chi connectivity index (χ4n) is 2.84. The first-order valence-corrected chi connectivity index (χ1v) is 7.63. The van der Waals surface area contributed by atoms with Gasteiger partial charge in [-0.05, 0) is 12.3 Å². The van der Waals surface area contributed by atoms with E-state index in [1.165, 1.54) is 0 Å². The number of amides is 2. The highest BCUT2D eigenvalue weighted by molar-refractivity contribution is 5.74. The number of aliphatic carboxylic acids is 1. The van der Waals surface area contributed by atoms with Crippen LogP contribution in [-0.2, 0) is 4.79 Å². The van der Waals surface area contributed by atoms with E-state index in [2.05, 4.69) is 4.90 Å². The predicted molar refractivity (Wildman–Crippen MR) is 77.0 cm³/mol. The molecule has 2 unspecified atom stereocenters. The Balaban J connectivity index is 1.76. The number of carboxylic acids is 1. The number of aliphatic hydroxyl groups is 1. The van der Waals surface area contributed by atoms with Crippen LogP contribution in [-0.4, -0.2) is 88.8 Å². The molecule has 2 heterocycles. The molecular weight excluding hydrogens is 274 g/mol. The van der Waals surface area contributed by atoms with Crippen molar-refractivity contribution >= 4 is 12.0 Å². The van der Waals surface area contributed by atoms with Crippen molar-refractivity contribution in [1.82, 2.24) is 14.7 Å². The average Bonchev–Trinajstić information content (AvgIpc) is 2.48. The highest BCUT2D eigenvalue weighted by Gasteiger charge is 2.31. The van der Waals surface area contributed by atoms with Crippen LogP contribution in [0, 0.1) is 5.92 Å². The maximum Gasteiger partial charge on any atom is 0.320 e. The first kappa shape index (κ1) is 16.0. The Bertz CT molecular complexity index is 382. The monoisotopic (exact) mass is 299 g/mol. The van der Waals surface area contributed by atoms with Gasteiger partial charge in [-0.1, -0.05) is 6.92 Å². The highest BCUT2D eigenvalue weighted by atomic mass is 16.4. The molecular formula is C14H25N3O4. The van der Waals surface area contributed by atoms with Crippen LogP contribution in [0.1, 0.15) is 19.8 Å². The van der Waals surface area contributed by atoms with Crippen molar-refractivity contribution in [2.75, 3.05) is 45.8 Å². The summed E-state index contributed by atoms with van der Waals surface area (Å²) in [5.74, 6) is -0.535. The average molecular weight is 299 g/mol. The molecule has 7 heteroatoms. The summed E-state index contributed by atoms with van der Waals surface area (Å²) in [7, 11) is 0. The fourth-order valence-corrected chi connectivity index (χ4v) is 2.84. The number of nitrogens with zero attached hydrogens (tertiary/aromatic N) is 3. The number of piperidine rings is 1. The van der Waals surface area contributed by atoms with E-state index in [0.29, 0.717) is 45.8 Å². The van der Waals surface area contributed by atoms with Gasteiger partial charge in [0.05, 0.1) is 12.5 Å². The molecule has 2 amide bonds. The molecule has 2 N–H and O–H groups in total. The third-order valence-corrected chi connectivity index (χ3v) is 4.47. The molecule has 0 saturated carbocycles. The molecule has 2 fully saturated rings. The number of carbonyl (C=O) groups is 2. The van der Waals surface area contributed by atoms with E-state index in [0.717, 1.165) is 6.42 Å². The van der Waals surface area contributed by atoms with Crippen molar-refractivity contribution in [3.05, 3.63) is 0 Å². The number of carbonyl (C=O) groups excluding carboxylic acids is 1. The van der Waals surface area contributed by atoms with Crippen molar-refractivity contribution in [1.29, 1.82) is 0 Å². The Morgan fingerprint density at radius 3 is 2.33 bits per heavy atom. The number of carboxylic acid groups (broad SMARTS) is 1. The van der Waals surface area contributed by atoms with Crippen LogP contribution in [0.15, 0.2) is 0 Å². The minimum absolute atomic E-state index is 0.00108. The van der Waals surface area contributed by atoms with E-state index < -0.39 is 12.1 Å². The Morgan fingerprint density at radius 2 is 1.76 bits per heavy atom. The molecule has 0 aromatic heterocycles. The van der Waals surface area contributed by atoms with E-state index in [4.69, 9.17) is 5.11 Å². The number of urea groups is 1. The summed E-state index contributed by atoms with van der Waals surface area (Å²) in [5, 5.41) is 18.6. The van der Waals surface area contributed by atoms with Gasteiger partial charge in [-0.3, -0.25) is 9.69 Å². The summed E-state index contributed by atoms with van der Waals surface area (Å²) in [6.07, 6.45) is 0.551. The quantitative estimate of drug-likeness (QED) is 0.760. The van der Waals surface area contributed by atoms with Crippen LogP contribution in [0.3, 0.4) is 0 Å². The lowest BCUT2D eigenvalue weighted by molar-refractivity contribution is -0.137. The van der Waals surface area contributed by atoms with Crippen molar-refractivity contribution in [2.24, 2.45) is 5.92 Å². The molecule has 0 aliphatic carbocycles. The molecule has 2 aliphatic rings. The van der Waals surface area contributed by atoms with Crippen LogP contribution in [0.4, 0.5) is 4.79 Å². The van der Waals surface area contributed by atoms with Crippen molar-refractivity contribution < 1.29 is 19.8 Å². The predicted octanol–water partition coefficient (Wildman–Crippen LogP) is -0.0986. The SMILES string of the molecule is CC1CCN(C(=O)N2CCN(CCC(=O)O)CC2)CC1O. The number of rotatable bonds is 3.